The third-order valence-electron chi connectivity index (χ3n) is 5.32. The Morgan fingerprint density at radius 3 is 2.72 bits per heavy atom. The highest BCUT2D eigenvalue weighted by Crippen LogP contribution is 2.30. The van der Waals surface area contributed by atoms with E-state index < -0.39 is 0 Å². The van der Waals surface area contributed by atoms with Crippen LogP contribution in [0.2, 0.25) is 0 Å². The number of likely N-dealkylation sites (tertiary alicyclic amines) is 1. The number of nitrogens with zero attached hydrogens (tertiary/aromatic N) is 4. The summed E-state index contributed by atoms with van der Waals surface area (Å²) in [5, 5.41) is 5.24. The standard InChI is InChI=1S/C20H25N5O2.2ClH/c1-12(2)25-19-16(10-22-25)15(8-17(23-19)18-5-4-6-27-18)20(26)24-11-14(9-21)7-13(24)3;;/h4-6,8,10,12-14H,7,9,11,21H2,1-3H3;2*1H. The quantitative estimate of drug-likeness (QED) is 0.664. The van der Waals surface area contributed by atoms with Gasteiger partial charge in [0, 0.05) is 18.6 Å². The maximum Gasteiger partial charge on any atom is 0.254 e. The number of amides is 1. The molecule has 4 heterocycles. The van der Waals surface area contributed by atoms with Crippen molar-refractivity contribution >= 4 is 41.8 Å². The number of aromatic nitrogens is 3. The van der Waals surface area contributed by atoms with Crippen molar-refractivity contribution in [1.29, 1.82) is 0 Å². The highest BCUT2D eigenvalue weighted by Gasteiger charge is 2.33. The molecule has 0 bridgehead atoms. The number of halogens is 2. The number of hydrogen-bond donors (Lipinski definition) is 1. The fourth-order valence-electron chi connectivity index (χ4n) is 3.87. The van der Waals surface area contributed by atoms with E-state index in [1.54, 1.807) is 12.5 Å². The van der Waals surface area contributed by atoms with Crippen molar-refractivity contribution in [3.05, 3.63) is 36.2 Å². The topological polar surface area (TPSA) is 90.2 Å². The van der Waals surface area contributed by atoms with Crippen molar-refractivity contribution in [3.63, 3.8) is 0 Å². The van der Waals surface area contributed by atoms with E-state index in [2.05, 4.69) is 12.0 Å². The fourth-order valence-corrected chi connectivity index (χ4v) is 3.87. The predicted octanol–water partition coefficient (Wildman–Crippen LogP) is 3.93. The molecule has 29 heavy (non-hydrogen) atoms. The minimum Gasteiger partial charge on any atom is -0.463 e. The minimum atomic E-state index is 0. The Morgan fingerprint density at radius 2 is 2.14 bits per heavy atom. The zero-order valence-corrected chi connectivity index (χ0v) is 18.4. The third-order valence-corrected chi connectivity index (χ3v) is 5.32. The third kappa shape index (κ3) is 4.13. The summed E-state index contributed by atoms with van der Waals surface area (Å²) in [6, 6.07) is 5.79. The van der Waals surface area contributed by atoms with Gasteiger partial charge in [0.1, 0.15) is 5.69 Å². The van der Waals surface area contributed by atoms with Gasteiger partial charge in [0.05, 0.1) is 23.4 Å². The number of rotatable bonds is 4. The molecule has 1 aliphatic rings. The van der Waals surface area contributed by atoms with Crippen molar-refractivity contribution in [2.75, 3.05) is 13.1 Å². The highest BCUT2D eigenvalue weighted by molar-refractivity contribution is 6.06. The first kappa shape index (κ1) is 23.2. The average molecular weight is 440 g/mol. The molecule has 0 saturated carbocycles. The Morgan fingerprint density at radius 1 is 1.38 bits per heavy atom. The summed E-state index contributed by atoms with van der Waals surface area (Å²) in [5.41, 5.74) is 7.79. The molecule has 1 fully saturated rings. The molecule has 0 radical (unpaired) electrons. The van der Waals surface area contributed by atoms with Crippen LogP contribution in [-0.4, -0.2) is 44.7 Å². The molecule has 0 aliphatic carbocycles. The van der Waals surface area contributed by atoms with Gasteiger partial charge in [-0.25, -0.2) is 9.67 Å². The van der Waals surface area contributed by atoms with E-state index in [0.29, 0.717) is 41.7 Å². The van der Waals surface area contributed by atoms with Gasteiger partial charge >= 0.3 is 0 Å². The number of carbonyl (C=O) groups is 1. The van der Waals surface area contributed by atoms with Crippen molar-refractivity contribution < 1.29 is 9.21 Å². The summed E-state index contributed by atoms with van der Waals surface area (Å²) in [6.07, 6.45) is 4.28. The second-order valence-corrected chi connectivity index (χ2v) is 7.60. The molecule has 2 N–H and O–H groups in total. The molecular formula is C20H27Cl2N5O2. The number of nitrogens with two attached hydrogens (primary N) is 1. The van der Waals surface area contributed by atoms with Gasteiger partial charge in [-0.15, -0.1) is 24.8 Å². The van der Waals surface area contributed by atoms with Crippen molar-refractivity contribution in [3.8, 4) is 11.5 Å². The van der Waals surface area contributed by atoms with Crippen LogP contribution in [0.5, 0.6) is 0 Å². The predicted molar refractivity (Wildman–Crippen MR) is 118 cm³/mol. The number of furan rings is 1. The molecule has 1 aliphatic heterocycles. The Hall–Kier alpha value is -2.09. The smallest absolute Gasteiger partial charge is 0.254 e. The van der Waals surface area contributed by atoms with Gasteiger partial charge in [-0.3, -0.25) is 4.79 Å². The highest BCUT2D eigenvalue weighted by atomic mass is 35.5. The fraction of sp³-hybridized carbons (Fsp3) is 0.450. The Bertz CT molecular complexity index is 971. The monoisotopic (exact) mass is 439 g/mol. The van der Waals surface area contributed by atoms with Gasteiger partial charge in [0.15, 0.2) is 11.4 Å². The van der Waals surface area contributed by atoms with Crippen LogP contribution < -0.4 is 5.73 Å². The molecule has 1 saturated heterocycles. The van der Waals surface area contributed by atoms with Crippen LogP contribution in [0.3, 0.4) is 0 Å². The normalized spacial score (nSPS) is 18.7. The largest absolute Gasteiger partial charge is 0.463 e. The Labute approximate surface area is 182 Å². The lowest BCUT2D eigenvalue weighted by Gasteiger charge is -2.22. The summed E-state index contributed by atoms with van der Waals surface area (Å²) in [6.45, 7) is 7.46. The van der Waals surface area contributed by atoms with Crippen LogP contribution in [0.4, 0.5) is 0 Å². The zero-order chi connectivity index (χ0) is 19.1. The molecule has 2 atom stereocenters. The van der Waals surface area contributed by atoms with E-state index in [1.807, 2.05) is 41.6 Å². The summed E-state index contributed by atoms with van der Waals surface area (Å²) >= 11 is 0. The van der Waals surface area contributed by atoms with Crippen LogP contribution in [0.1, 0.15) is 43.6 Å². The van der Waals surface area contributed by atoms with Crippen LogP contribution in [0.15, 0.2) is 35.1 Å². The van der Waals surface area contributed by atoms with Crippen LogP contribution in [0.25, 0.3) is 22.5 Å². The van der Waals surface area contributed by atoms with Crippen LogP contribution in [0, 0.1) is 5.92 Å². The van der Waals surface area contributed by atoms with E-state index >= 15 is 0 Å². The first-order valence-corrected chi connectivity index (χ1v) is 9.42. The first-order chi connectivity index (χ1) is 13.0. The van der Waals surface area contributed by atoms with Gasteiger partial charge in [-0.2, -0.15) is 5.10 Å². The van der Waals surface area contributed by atoms with Gasteiger partial charge in [-0.1, -0.05) is 0 Å². The van der Waals surface area contributed by atoms with Gasteiger partial charge < -0.3 is 15.1 Å². The van der Waals surface area contributed by atoms with Gasteiger partial charge in [0.2, 0.25) is 0 Å². The maximum atomic E-state index is 13.4. The Kier molecular flexibility index (Phi) is 7.32. The molecule has 7 nitrogen and oxygen atoms in total. The minimum absolute atomic E-state index is 0. The second kappa shape index (κ2) is 9.15. The first-order valence-electron chi connectivity index (χ1n) is 9.42. The van der Waals surface area contributed by atoms with E-state index in [0.717, 1.165) is 11.8 Å². The van der Waals surface area contributed by atoms with Crippen LogP contribution in [-0.2, 0) is 0 Å². The van der Waals surface area contributed by atoms with E-state index in [4.69, 9.17) is 15.1 Å². The zero-order valence-electron chi connectivity index (χ0n) is 16.7. The number of hydrogen-bond acceptors (Lipinski definition) is 5. The summed E-state index contributed by atoms with van der Waals surface area (Å²) in [5.74, 6) is 0.989. The molecule has 158 valence electrons. The van der Waals surface area contributed by atoms with Gasteiger partial charge in [0.25, 0.3) is 5.91 Å². The summed E-state index contributed by atoms with van der Waals surface area (Å²) in [4.78, 5) is 20.1. The van der Waals surface area contributed by atoms with Gasteiger partial charge in [-0.05, 0) is 57.9 Å². The number of fused-ring (bicyclic) bond motifs is 1. The lowest BCUT2D eigenvalue weighted by Crippen LogP contribution is -2.34. The van der Waals surface area contributed by atoms with E-state index in [9.17, 15) is 4.79 Å². The molecule has 1 amide bonds. The van der Waals surface area contributed by atoms with Crippen LogP contribution >= 0.6 is 24.8 Å². The lowest BCUT2D eigenvalue weighted by molar-refractivity contribution is 0.0745. The molecule has 3 aromatic heterocycles. The van der Waals surface area contributed by atoms with Crippen molar-refractivity contribution in [2.24, 2.45) is 11.7 Å². The molecule has 2 unspecified atom stereocenters. The molecule has 0 spiro atoms. The molecule has 4 rings (SSSR count). The van der Waals surface area contributed by atoms with Crippen molar-refractivity contribution in [1.82, 2.24) is 19.7 Å². The molecular weight excluding hydrogens is 413 g/mol. The molecule has 9 heteroatoms. The SMILES string of the molecule is CC1CC(CN)CN1C(=O)c1cc(-c2ccco2)nc2c1cnn2C(C)C.Cl.Cl. The van der Waals surface area contributed by atoms with E-state index in [1.165, 1.54) is 0 Å². The number of carbonyl (C=O) groups excluding carboxylic acids is 1. The second-order valence-electron chi connectivity index (χ2n) is 7.60. The molecule has 0 aromatic carbocycles. The summed E-state index contributed by atoms with van der Waals surface area (Å²) in [7, 11) is 0. The lowest BCUT2D eigenvalue weighted by atomic mass is 10.1. The van der Waals surface area contributed by atoms with E-state index in [-0.39, 0.29) is 42.8 Å². The maximum absolute atomic E-state index is 13.4. The Balaban J connectivity index is 0.00000150. The van der Waals surface area contributed by atoms with Crippen molar-refractivity contribution in [2.45, 2.75) is 39.3 Å². The summed E-state index contributed by atoms with van der Waals surface area (Å²) < 4.78 is 7.37. The molecule has 3 aromatic rings. The number of pyridine rings is 1. The average Bonchev–Trinajstić information content (AvgIpc) is 3.38.